The predicted molar refractivity (Wildman–Crippen MR) is 97.6 cm³/mol. The van der Waals surface area contributed by atoms with E-state index in [0.29, 0.717) is 29.7 Å². The molecule has 1 aliphatic heterocycles. The number of imide groups is 1. The number of hydrogen-bond acceptors (Lipinski definition) is 5. The Kier molecular flexibility index (Phi) is 4.38. The van der Waals surface area contributed by atoms with E-state index in [2.05, 4.69) is 0 Å². The Balaban J connectivity index is 1.56. The Labute approximate surface area is 159 Å². The van der Waals surface area contributed by atoms with Gasteiger partial charge >= 0.3 is 0 Å². The lowest BCUT2D eigenvalue weighted by molar-refractivity contribution is -0.384. The number of nitro benzene ring substituents is 1. The van der Waals surface area contributed by atoms with Crippen LogP contribution in [0.2, 0.25) is 0 Å². The molecule has 1 aliphatic carbocycles. The second kappa shape index (κ2) is 6.88. The average Bonchev–Trinajstić information content (AvgIpc) is 2.94. The van der Waals surface area contributed by atoms with Gasteiger partial charge in [0.15, 0.2) is 5.82 Å². The molecular formula is C20H15FN2O5. The number of hydrogen-bond donors (Lipinski definition) is 0. The van der Waals surface area contributed by atoms with Crippen molar-refractivity contribution in [1.29, 1.82) is 0 Å². The van der Waals surface area contributed by atoms with E-state index in [-0.39, 0.29) is 17.1 Å². The number of benzene rings is 2. The topological polar surface area (TPSA) is 89.8 Å². The van der Waals surface area contributed by atoms with Crippen molar-refractivity contribution in [3.63, 3.8) is 0 Å². The van der Waals surface area contributed by atoms with Crippen LogP contribution in [0.3, 0.4) is 0 Å². The van der Waals surface area contributed by atoms with Crippen LogP contribution in [0.1, 0.15) is 25.7 Å². The fraction of sp³-hybridized carbons (Fsp3) is 0.200. The lowest BCUT2D eigenvalue weighted by atomic mass is 9.93. The lowest BCUT2D eigenvalue weighted by Gasteiger charge is -2.16. The van der Waals surface area contributed by atoms with Gasteiger partial charge in [-0.25, -0.2) is 9.29 Å². The summed E-state index contributed by atoms with van der Waals surface area (Å²) in [6.07, 6.45) is 2.77. The van der Waals surface area contributed by atoms with Crippen LogP contribution >= 0.6 is 0 Å². The van der Waals surface area contributed by atoms with Gasteiger partial charge < -0.3 is 4.74 Å². The van der Waals surface area contributed by atoms with Crippen molar-refractivity contribution in [1.82, 2.24) is 0 Å². The summed E-state index contributed by atoms with van der Waals surface area (Å²) in [7, 11) is 0. The molecule has 1 heterocycles. The largest absolute Gasteiger partial charge is 0.457 e. The number of carbonyl (C=O) groups is 2. The number of rotatable bonds is 4. The molecule has 0 N–H and O–H groups in total. The van der Waals surface area contributed by atoms with Crippen LogP contribution in [-0.2, 0) is 9.59 Å². The zero-order valence-electron chi connectivity index (χ0n) is 14.7. The van der Waals surface area contributed by atoms with Crippen LogP contribution in [-0.4, -0.2) is 16.7 Å². The molecule has 0 spiro atoms. The Morgan fingerprint density at radius 1 is 0.929 bits per heavy atom. The Hall–Kier alpha value is -3.55. The molecule has 28 heavy (non-hydrogen) atoms. The summed E-state index contributed by atoms with van der Waals surface area (Å²) < 4.78 is 20.2. The maximum Gasteiger partial charge on any atom is 0.269 e. The van der Waals surface area contributed by atoms with Gasteiger partial charge in [0, 0.05) is 29.3 Å². The molecule has 0 radical (unpaired) electrons. The molecule has 2 aromatic carbocycles. The van der Waals surface area contributed by atoms with Gasteiger partial charge in [0.2, 0.25) is 0 Å². The first-order valence-electron chi connectivity index (χ1n) is 8.78. The number of halogens is 1. The Bertz CT molecular complexity index is 1000. The molecule has 0 saturated heterocycles. The molecule has 2 amide bonds. The van der Waals surface area contributed by atoms with Crippen molar-refractivity contribution in [2.45, 2.75) is 25.7 Å². The molecule has 2 aliphatic rings. The standard InChI is InChI=1S/C20H15FN2O5/c21-17-11-14(28-13-7-5-12(6-8-13)23(26)27)9-10-18(17)22-19(24)15-3-1-2-4-16(15)20(22)25/h5-11H,1-4H2. The van der Waals surface area contributed by atoms with Crippen LogP contribution in [0.15, 0.2) is 53.6 Å². The summed E-state index contributed by atoms with van der Waals surface area (Å²) in [6.45, 7) is 0. The third-order valence-corrected chi connectivity index (χ3v) is 4.83. The normalized spacial score (nSPS) is 16.4. The predicted octanol–water partition coefficient (Wildman–Crippen LogP) is 4.27. The summed E-state index contributed by atoms with van der Waals surface area (Å²) in [5.74, 6) is -1.23. The smallest absolute Gasteiger partial charge is 0.269 e. The number of nitro groups is 1. The second-order valence-corrected chi connectivity index (χ2v) is 6.58. The first-order valence-corrected chi connectivity index (χ1v) is 8.78. The van der Waals surface area contributed by atoms with Crippen molar-refractivity contribution in [2.75, 3.05) is 4.90 Å². The van der Waals surface area contributed by atoms with Crippen molar-refractivity contribution in [2.24, 2.45) is 0 Å². The van der Waals surface area contributed by atoms with Crippen molar-refractivity contribution >= 4 is 23.2 Å². The minimum atomic E-state index is -0.763. The van der Waals surface area contributed by atoms with Crippen LogP contribution in [0.25, 0.3) is 0 Å². The minimum absolute atomic E-state index is 0.0867. The van der Waals surface area contributed by atoms with Gasteiger partial charge in [0.1, 0.15) is 11.5 Å². The highest BCUT2D eigenvalue weighted by molar-refractivity contribution is 6.33. The van der Waals surface area contributed by atoms with E-state index in [0.717, 1.165) is 23.8 Å². The highest BCUT2D eigenvalue weighted by Gasteiger charge is 2.40. The van der Waals surface area contributed by atoms with E-state index in [1.807, 2.05) is 0 Å². The van der Waals surface area contributed by atoms with E-state index in [1.165, 1.54) is 36.4 Å². The van der Waals surface area contributed by atoms with Crippen molar-refractivity contribution in [3.8, 4) is 11.5 Å². The van der Waals surface area contributed by atoms with Crippen LogP contribution in [0, 0.1) is 15.9 Å². The number of carbonyl (C=O) groups excluding carboxylic acids is 2. The van der Waals surface area contributed by atoms with Gasteiger partial charge in [-0.2, -0.15) is 0 Å². The molecule has 142 valence electrons. The van der Waals surface area contributed by atoms with E-state index < -0.39 is 22.6 Å². The first-order chi connectivity index (χ1) is 13.5. The maximum atomic E-state index is 14.7. The SMILES string of the molecule is O=C1C2=C(CCCC2)C(=O)N1c1ccc(Oc2ccc([N+](=O)[O-])cc2)cc1F. The zero-order chi connectivity index (χ0) is 19.8. The number of nitrogens with zero attached hydrogens (tertiary/aromatic N) is 2. The highest BCUT2D eigenvalue weighted by atomic mass is 19.1. The average molecular weight is 382 g/mol. The summed E-state index contributed by atoms with van der Waals surface area (Å²) in [5, 5.41) is 10.7. The van der Waals surface area contributed by atoms with Crippen LogP contribution < -0.4 is 9.64 Å². The first kappa shape index (κ1) is 17.8. The summed E-state index contributed by atoms with van der Waals surface area (Å²) in [6, 6.07) is 9.19. The van der Waals surface area contributed by atoms with E-state index in [9.17, 15) is 24.1 Å². The zero-order valence-corrected chi connectivity index (χ0v) is 14.7. The van der Waals surface area contributed by atoms with E-state index in [4.69, 9.17) is 4.74 Å². The van der Waals surface area contributed by atoms with Crippen molar-refractivity contribution in [3.05, 3.63) is 69.5 Å². The molecule has 0 fully saturated rings. The third-order valence-electron chi connectivity index (χ3n) is 4.83. The van der Waals surface area contributed by atoms with Crippen molar-refractivity contribution < 1.29 is 23.6 Å². The van der Waals surface area contributed by atoms with Crippen LogP contribution in [0.4, 0.5) is 15.8 Å². The third kappa shape index (κ3) is 3.02. The maximum absolute atomic E-state index is 14.7. The molecule has 0 atom stereocenters. The quantitative estimate of drug-likeness (QED) is 0.447. The van der Waals surface area contributed by atoms with Gasteiger partial charge in [-0.15, -0.1) is 0 Å². The fourth-order valence-electron chi connectivity index (χ4n) is 3.46. The minimum Gasteiger partial charge on any atom is -0.457 e. The molecule has 0 aromatic heterocycles. The van der Waals surface area contributed by atoms with Gasteiger partial charge in [-0.1, -0.05) is 0 Å². The van der Waals surface area contributed by atoms with Gasteiger partial charge in [-0.05, 0) is 49.9 Å². The number of ether oxygens (including phenoxy) is 1. The number of non-ortho nitro benzene ring substituents is 1. The number of anilines is 1. The number of amides is 2. The van der Waals surface area contributed by atoms with Gasteiger partial charge in [0.25, 0.3) is 17.5 Å². The Morgan fingerprint density at radius 3 is 2.04 bits per heavy atom. The van der Waals surface area contributed by atoms with E-state index >= 15 is 0 Å². The molecule has 8 heteroatoms. The van der Waals surface area contributed by atoms with E-state index in [1.54, 1.807) is 0 Å². The molecule has 0 bridgehead atoms. The summed E-state index contributed by atoms with van der Waals surface area (Å²) >= 11 is 0. The molecular weight excluding hydrogens is 367 g/mol. The molecule has 0 saturated carbocycles. The monoisotopic (exact) mass is 382 g/mol. The van der Waals surface area contributed by atoms with Crippen LogP contribution in [0.5, 0.6) is 11.5 Å². The van der Waals surface area contributed by atoms with Gasteiger partial charge in [-0.3, -0.25) is 19.7 Å². The molecule has 2 aromatic rings. The summed E-state index contributed by atoms with van der Waals surface area (Å²) in [4.78, 5) is 36.2. The Morgan fingerprint density at radius 2 is 1.50 bits per heavy atom. The van der Waals surface area contributed by atoms with Gasteiger partial charge in [0.05, 0.1) is 10.6 Å². The molecule has 7 nitrogen and oxygen atoms in total. The molecule has 0 unspecified atom stereocenters. The fourth-order valence-corrected chi connectivity index (χ4v) is 3.46. The second-order valence-electron chi connectivity index (χ2n) is 6.58. The summed E-state index contributed by atoms with van der Waals surface area (Å²) in [5.41, 5.74) is 0.778. The molecule has 4 rings (SSSR count). The lowest BCUT2D eigenvalue weighted by Crippen LogP contribution is -2.32. The highest BCUT2D eigenvalue weighted by Crippen LogP contribution is 2.37.